The van der Waals surface area contributed by atoms with Crippen LogP contribution in [0.2, 0.25) is 0 Å². The maximum atomic E-state index is 12.2. The first kappa shape index (κ1) is 17.4. The number of carbonyl (C=O) groups excluding carboxylic acids is 1. The molecule has 6 heteroatoms. The molecule has 0 radical (unpaired) electrons. The van der Waals surface area contributed by atoms with Gasteiger partial charge >= 0.3 is 0 Å². The second-order valence-corrected chi connectivity index (χ2v) is 8.37. The third-order valence-corrected chi connectivity index (χ3v) is 5.82. The fraction of sp³-hybridized carbons (Fsp3) is 0.312. The van der Waals surface area contributed by atoms with Gasteiger partial charge in [-0.1, -0.05) is 11.6 Å². The van der Waals surface area contributed by atoms with Crippen molar-refractivity contribution in [2.45, 2.75) is 12.7 Å². The Morgan fingerprint density at radius 1 is 1.36 bits per heavy atom. The molecule has 22 heavy (non-hydrogen) atoms. The molecule has 3 nitrogen and oxygen atoms in total. The van der Waals surface area contributed by atoms with Gasteiger partial charge in [-0.3, -0.25) is 4.79 Å². The van der Waals surface area contributed by atoms with Gasteiger partial charge in [0, 0.05) is 22.9 Å². The number of hydrogen-bond donors (Lipinski definition) is 1. The van der Waals surface area contributed by atoms with Crippen LogP contribution in [0.4, 0.5) is 0 Å². The van der Waals surface area contributed by atoms with Crippen molar-refractivity contribution < 1.29 is 9.53 Å². The summed E-state index contributed by atoms with van der Waals surface area (Å²) in [5.74, 6) is 2.38. The minimum atomic E-state index is -0.0833. The molecule has 1 heterocycles. The van der Waals surface area contributed by atoms with E-state index in [1.165, 1.54) is 4.88 Å². The number of thioether (sulfide) groups is 1. The van der Waals surface area contributed by atoms with E-state index in [4.69, 9.17) is 4.74 Å². The van der Waals surface area contributed by atoms with Crippen molar-refractivity contribution in [3.8, 4) is 5.75 Å². The number of halogens is 1. The molecule has 0 atom stereocenters. The molecule has 0 saturated carbocycles. The number of hydrogen-bond acceptors (Lipinski definition) is 4. The summed E-state index contributed by atoms with van der Waals surface area (Å²) in [6, 6.07) is 9.80. The van der Waals surface area contributed by atoms with Crippen LogP contribution in [0.25, 0.3) is 0 Å². The van der Waals surface area contributed by atoms with E-state index >= 15 is 0 Å². The Morgan fingerprint density at radius 2 is 2.18 bits per heavy atom. The van der Waals surface area contributed by atoms with E-state index in [1.807, 2.05) is 36.9 Å². The van der Waals surface area contributed by atoms with Gasteiger partial charge in [0.15, 0.2) is 0 Å². The zero-order chi connectivity index (χ0) is 15.9. The van der Waals surface area contributed by atoms with Crippen LogP contribution in [-0.2, 0) is 5.75 Å². The van der Waals surface area contributed by atoms with Crippen LogP contribution < -0.4 is 10.1 Å². The second-order valence-electron chi connectivity index (χ2n) is 4.72. The standard InChI is InChI=1S/C16H18BrNO2S2/c1-11-3-5-14(20-2)13(9-11)16(19)18-7-8-21-10-12-4-6-15(17)22-12/h3-6,9H,7-8,10H2,1-2H3,(H,18,19). The highest BCUT2D eigenvalue weighted by Crippen LogP contribution is 2.25. The fourth-order valence-electron chi connectivity index (χ4n) is 1.93. The van der Waals surface area contributed by atoms with Gasteiger partial charge in [-0.05, 0) is 47.1 Å². The quantitative estimate of drug-likeness (QED) is 0.696. The summed E-state index contributed by atoms with van der Waals surface area (Å²) < 4.78 is 6.40. The van der Waals surface area contributed by atoms with Crippen molar-refractivity contribution >= 4 is 44.9 Å². The lowest BCUT2D eigenvalue weighted by atomic mass is 10.1. The molecule has 1 amide bonds. The Kier molecular flexibility index (Phi) is 6.79. The molecule has 0 bridgehead atoms. The van der Waals surface area contributed by atoms with Crippen LogP contribution in [0.5, 0.6) is 5.75 Å². The van der Waals surface area contributed by atoms with E-state index in [9.17, 15) is 4.79 Å². The largest absolute Gasteiger partial charge is 0.496 e. The molecule has 2 aromatic rings. The van der Waals surface area contributed by atoms with Gasteiger partial charge in [-0.25, -0.2) is 0 Å². The number of amides is 1. The number of aryl methyl sites for hydroxylation is 1. The first-order valence-corrected chi connectivity index (χ1v) is 9.61. The molecule has 0 fully saturated rings. The summed E-state index contributed by atoms with van der Waals surface area (Å²) in [4.78, 5) is 13.5. The SMILES string of the molecule is COc1ccc(C)cc1C(=O)NCCSCc1ccc(Br)s1. The summed E-state index contributed by atoms with van der Waals surface area (Å²) in [6.07, 6.45) is 0. The molecule has 1 aromatic carbocycles. The van der Waals surface area contributed by atoms with E-state index in [0.717, 1.165) is 20.9 Å². The van der Waals surface area contributed by atoms with Crippen molar-refractivity contribution in [2.24, 2.45) is 0 Å². The van der Waals surface area contributed by atoms with Crippen LogP contribution in [0.1, 0.15) is 20.8 Å². The monoisotopic (exact) mass is 399 g/mol. The van der Waals surface area contributed by atoms with Gasteiger partial charge in [0.1, 0.15) is 5.75 Å². The molecule has 1 aromatic heterocycles. The predicted molar refractivity (Wildman–Crippen MR) is 98.2 cm³/mol. The van der Waals surface area contributed by atoms with E-state index in [1.54, 1.807) is 18.4 Å². The van der Waals surface area contributed by atoms with E-state index in [0.29, 0.717) is 17.9 Å². The Morgan fingerprint density at radius 3 is 2.86 bits per heavy atom. The fourth-order valence-corrected chi connectivity index (χ4v) is 4.39. The highest BCUT2D eigenvalue weighted by molar-refractivity contribution is 9.11. The van der Waals surface area contributed by atoms with Crippen LogP contribution >= 0.6 is 39.0 Å². The zero-order valence-corrected chi connectivity index (χ0v) is 15.7. The lowest BCUT2D eigenvalue weighted by Crippen LogP contribution is -2.26. The molecule has 0 spiro atoms. The van der Waals surface area contributed by atoms with Gasteiger partial charge in [0.2, 0.25) is 0 Å². The molecule has 118 valence electrons. The van der Waals surface area contributed by atoms with Crippen molar-refractivity contribution in [1.29, 1.82) is 0 Å². The number of thiophene rings is 1. The van der Waals surface area contributed by atoms with Gasteiger partial charge in [-0.15, -0.1) is 11.3 Å². The first-order valence-electron chi connectivity index (χ1n) is 6.85. The van der Waals surface area contributed by atoms with Crippen molar-refractivity contribution in [2.75, 3.05) is 19.4 Å². The smallest absolute Gasteiger partial charge is 0.255 e. The van der Waals surface area contributed by atoms with Gasteiger partial charge in [0.05, 0.1) is 16.5 Å². The Hall–Kier alpha value is -0.980. The number of benzene rings is 1. The first-order chi connectivity index (χ1) is 10.6. The van der Waals surface area contributed by atoms with Gasteiger partial charge in [0.25, 0.3) is 5.91 Å². The number of rotatable bonds is 7. The molecule has 0 aliphatic heterocycles. The van der Waals surface area contributed by atoms with Crippen molar-refractivity contribution in [1.82, 2.24) is 5.32 Å². The number of nitrogens with one attached hydrogen (secondary N) is 1. The third kappa shape index (κ3) is 5.04. The Labute approximate surface area is 147 Å². The normalized spacial score (nSPS) is 10.5. The Balaban J connectivity index is 1.77. The van der Waals surface area contributed by atoms with Gasteiger partial charge < -0.3 is 10.1 Å². The number of methoxy groups -OCH3 is 1. The molecule has 2 rings (SSSR count). The topological polar surface area (TPSA) is 38.3 Å². The maximum Gasteiger partial charge on any atom is 0.255 e. The van der Waals surface area contributed by atoms with Crippen molar-refractivity contribution in [3.05, 3.63) is 50.1 Å². The van der Waals surface area contributed by atoms with Crippen molar-refractivity contribution in [3.63, 3.8) is 0 Å². The van der Waals surface area contributed by atoms with E-state index < -0.39 is 0 Å². The number of carbonyl (C=O) groups is 1. The summed E-state index contributed by atoms with van der Waals surface area (Å²) in [6.45, 7) is 2.61. The summed E-state index contributed by atoms with van der Waals surface area (Å²) in [7, 11) is 1.58. The van der Waals surface area contributed by atoms with E-state index in [-0.39, 0.29) is 5.91 Å². The van der Waals surface area contributed by atoms with Gasteiger partial charge in [-0.2, -0.15) is 11.8 Å². The van der Waals surface area contributed by atoms with E-state index in [2.05, 4.69) is 33.4 Å². The average molecular weight is 400 g/mol. The zero-order valence-electron chi connectivity index (χ0n) is 12.5. The third-order valence-electron chi connectivity index (χ3n) is 3.00. The van der Waals surface area contributed by atoms with Crippen LogP contribution in [0, 0.1) is 6.92 Å². The van der Waals surface area contributed by atoms with Crippen LogP contribution in [0.15, 0.2) is 34.1 Å². The maximum absolute atomic E-state index is 12.2. The highest BCUT2D eigenvalue weighted by Gasteiger charge is 2.11. The van der Waals surface area contributed by atoms with Crippen LogP contribution in [-0.4, -0.2) is 25.3 Å². The molecular weight excluding hydrogens is 382 g/mol. The summed E-state index contributed by atoms with van der Waals surface area (Å²) in [5.41, 5.74) is 1.64. The highest BCUT2D eigenvalue weighted by atomic mass is 79.9. The average Bonchev–Trinajstić information content (AvgIpc) is 2.92. The minimum absolute atomic E-state index is 0.0833. The molecule has 0 aliphatic carbocycles. The minimum Gasteiger partial charge on any atom is -0.496 e. The molecule has 0 aliphatic rings. The molecular formula is C16H18BrNO2S2. The lowest BCUT2D eigenvalue weighted by Gasteiger charge is -2.10. The van der Waals surface area contributed by atoms with Crippen LogP contribution in [0.3, 0.4) is 0 Å². The molecule has 1 N–H and O–H groups in total. The lowest BCUT2D eigenvalue weighted by molar-refractivity contribution is 0.0953. The predicted octanol–water partition coefficient (Wildman–Crippen LogP) is 4.49. The summed E-state index contributed by atoms with van der Waals surface area (Å²) >= 11 is 7.02. The second kappa shape index (κ2) is 8.60. The summed E-state index contributed by atoms with van der Waals surface area (Å²) in [5, 5.41) is 2.95. The Bertz CT molecular complexity index is 643. The molecule has 0 unspecified atom stereocenters. The molecule has 0 saturated heterocycles. The number of ether oxygens (including phenoxy) is 1.